The molecule has 0 atom stereocenters. The molecule has 1 aromatic heterocycles. The van der Waals surface area contributed by atoms with Crippen molar-refractivity contribution in [1.29, 1.82) is 0 Å². The molecule has 3 nitrogen and oxygen atoms in total. The molecular formula is C9H16Br3N2OSi-. The first kappa shape index (κ1) is 14.9. The van der Waals surface area contributed by atoms with Crippen LogP contribution in [0.1, 0.15) is 0 Å². The third kappa shape index (κ3) is 4.60. The van der Waals surface area contributed by atoms with Crippen LogP contribution in [0.25, 0.3) is 0 Å². The molecule has 1 aromatic rings. The van der Waals surface area contributed by atoms with Crippen molar-refractivity contribution in [3.05, 3.63) is 13.9 Å². The van der Waals surface area contributed by atoms with E-state index < -0.39 is 8.07 Å². The van der Waals surface area contributed by atoms with Gasteiger partial charge in [0.15, 0.2) is 0 Å². The molecule has 0 radical (unpaired) electrons. The minimum absolute atomic E-state index is 0.523. The van der Waals surface area contributed by atoms with Crippen molar-refractivity contribution in [2.75, 3.05) is 6.61 Å². The Morgan fingerprint density at radius 2 is 1.88 bits per heavy atom. The summed E-state index contributed by atoms with van der Waals surface area (Å²) in [5.74, 6) is 0. The summed E-state index contributed by atoms with van der Waals surface area (Å²) in [5.41, 5.74) is 0. The third-order valence-electron chi connectivity index (χ3n) is 2.17. The average Bonchev–Trinajstić information content (AvgIpc) is 2.36. The van der Waals surface area contributed by atoms with Crippen LogP contribution in [0.15, 0.2) is 13.9 Å². The van der Waals surface area contributed by atoms with E-state index in [4.69, 9.17) is 4.74 Å². The van der Waals surface area contributed by atoms with Crippen molar-refractivity contribution < 1.29 is 4.74 Å². The number of imidazole rings is 1. The third-order valence-corrected chi connectivity index (χ3v) is 6.63. The van der Waals surface area contributed by atoms with Crippen LogP contribution >= 0.6 is 47.8 Å². The molecule has 0 aliphatic heterocycles. The zero-order valence-corrected chi connectivity index (χ0v) is 15.5. The zero-order chi connectivity index (χ0) is 12.3. The Morgan fingerprint density at radius 3 is 2.31 bits per heavy atom. The molecule has 0 aromatic carbocycles. The molecule has 16 heavy (non-hydrogen) atoms. The van der Waals surface area contributed by atoms with Crippen LogP contribution < -0.4 is 0 Å². The number of halogens is 3. The Hall–Kier alpha value is 0.827. The van der Waals surface area contributed by atoms with E-state index in [1.807, 2.05) is 4.57 Å². The SMILES string of the molecule is C[SiH-](C)(C)CCOCn1c(Br)nc(Br)c1Br. The van der Waals surface area contributed by atoms with Crippen LogP contribution in [0.3, 0.4) is 0 Å². The van der Waals surface area contributed by atoms with Crippen LogP contribution in [-0.2, 0) is 11.5 Å². The van der Waals surface area contributed by atoms with Gasteiger partial charge in [-0.2, -0.15) is 0 Å². The summed E-state index contributed by atoms with van der Waals surface area (Å²) in [7, 11) is -1.26. The van der Waals surface area contributed by atoms with Gasteiger partial charge in [0.2, 0.25) is 0 Å². The zero-order valence-electron chi connectivity index (χ0n) is 9.64. The fraction of sp³-hybridized carbons (Fsp3) is 0.667. The Kier molecular flexibility index (Phi) is 5.70. The average molecular weight is 436 g/mol. The van der Waals surface area contributed by atoms with Crippen molar-refractivity contribution in [2.24, 2.45) is 0 Å². The maximum atomic E-state index is 5.65. The van der Waals surface area contributed by atoms with Crippen LogP contribution in [0.2, 0.25) is 25.7 Å². The summed E-state index contributed by atoms with van der Waals surface area (Å²) < 4.78 is 10.0. The van der Waals surface area contributed by atoms with Gasteiger partial charge in [-0.25, -0.2) is 0 Å². The molecular weight excluding hydrogens is 420 g/mol. The predicted molar refractivity (Wildman–Crippen MR) is 80.8 cm³/mol. The van der Waals surface area contributed by atoms with Crippen LogP contribution in [0, 0.1) is 0 Å². The van der Waals surface area contributed by atoms with Gasteiger partial charge in [0.05, 0.1) is 0 Å². The molecule has 7 heteroatoms. The molecule has 0 saturated carbocycles. The molecule has 0 spiro atoms. The van der Waals surface area contributed by atoms with Gasteiger partial charge in [0, 0.05) is 0 Å². The van der Waals surface area contributed by atoms with Crippen molar-refractivity contribution >= 4 is 55.9 Å². The maximum absolute atomic E-state index is 5.65. The second-order valence-corrected chi connectivity index (χ2v) is 13.9. The molecule has 0 aliphatic carbocycles. The van der Waals surface area contributed by atoms with Gasteiger partial charge >= 0.3 is 123 Å². The van der Waals surface area contributed by atoms with Gasteiger partial charge in [-0.3, -0.25) is 0 Å². The molecule has 0 unspecified atom stereocenters. The van der Waals surface area contributed by atoms with Gasteiger partial charge in [-0.05, 0) is 0 Å². The molecule has 94 valence electrons. The summed E-state index contributed by atoms with van der Waals surface area (Å²) in [6, 6.07) is 1.21. The Labute approximate surface area is 122 Å². The van der Waals surface area contributed by atoms with E-state index in [0.717, 1.165) is 20.5 Å². The molecule has 0 bridgehead atoms. The minimum atomic E-state index is -1.26. The Morgan fingerprint density at radius 1 is 1.25 bits per heavy atom. The van der Waals surface area contributed by atoms with Gasteiger partial charge < -0.3 is 0 Å². The molecule has 0 N–H and O–H groups in total. The quantitative estimate of drug-likeness (QED) is 0.511. The van der Waals surface area contributed by atoms with E-state index in [0.29, 0.717) is 6.73 Å². The standard InChI is InChI=1S/C9H16Br3N2OSi/c1-16(2,3)5-4-15-6-14-8(11)7(10)13-9(14)12/h16H,4-6H2,1-3H3/q-1. The second kappa shape index (κ2) is 6.13. The van der Waals surface area contributed by atoms with E-state index in [2.05, 4.69) is 72.4 Å². The molecule has 1 rings (SSSR count). The molecule has 0 aliphatic rings. The summed E-state index contributed by atoms with van der Waals surface area (Å²) in [6.07, 6.45) is 0. The summed E-state index contributed by atoms with van der Waals surface area (Å²) in [6.45, 7) is 8.46. The fourth-order valence-corrected chi connectivity index (χ4v) is 3.63. The van der Waals surface area contributed by atoms with E-state index in [1.54, 1.807) is 0 Å². The summed E-state index contributed by atoms with van der Waals surface area (Å²) >= 11 is 10.2. The van der Waals surface area contributed by atoms with Crippen LogP contribution in [0.5, 0.6) is 0 Å². The first-order valence-corrected chi connectivity index (χ1v) is 11.9. The number of hydrogen-bond acceptors (Lipinski definition) is 2. The molecule has 0 saturated heterocycles. The van der Waals surface area contributed by atoms with E-state index in [-0.39, 0.29) is 0 Å². The number of aromatic nitrogens is 2. The molecule has 1 heterocycles. The van der Waals surface area contributed by atoms with E-state index in [9.17, 15) is 0 Å². The van der Waals surface area contributed by atoms with Crippen molar-refractivity contribution in [1.82, 2.24) is 9.55 Å². The van der Waals surface area contributed by atoms with Gasteiger partial charge in [-0.1, -0.05) is 0 Å². The summed E-state index contributed by atoms with van der Waals surface area (Å²) in [4.78, 5) is 4.22. The normalized spacial score (nSPS) is 13.1. The van der Waals surface area contributed by atoms with Crippen molar-refractivity contribution in [3.63, 3.8) is 0 Å². The second-order valence-electron chi connectivity index (χ2n) is 5.17. The molecule has 0 amide bonds. The number of hydrogen-bond donors (Lipinski definition) is 0. The van der Waals surface area contributed by atoms with Crippen molar-refractivity contribution in [2.45, 2.75) is 32.4 Å². The van der Waals surface area contributed by atoms with Crippen LogP contribution in [0.4, 0.5) is 0 Å². The Balaban J connectivity index is 2.43. The number of nitrogens with zero attached hydrogens (tertiary/aromatic N) is 2. The number of rotatable bonds is 5. The first-order chi connectivity index (χ1) is 7.31. The van der Waals surface area contributed by atoms with E-state index >= 15 is 0 Å². The predicted octanol–water partition coefficient (Wildman–Crippen LogP) is 4.22. The van der Waals surface area contributed by atoms with Gasteiger partial charge in [0.1, 0.15) is 0 Å². The van der Waals surface area contributed by atoms with Crippen LogP contribution in [-0.4, -0.2) is 24.2 Å². The topological polar surface area (TPSA) is 27.1 Å². The number of ether oxygens (including phenoxy) is 1. The molecule has 0 fully saturated rings. The first-order valence-electron chi connectivity index (χ1n) is 5.25. The summed E-state index contributed by atoms with van der Waals surface area (Å²) in [5, 5.41) is 0. The monoisotopic (exact) mass is 433 g/mol. The van der Waals surface area contributed by atoms with Gasteiger partial charge in [-0.15, -0.1) is 0 Å². The van der Waals surface area contributed by atoms with E-state index in [1.165, 1.54) is 6.04 Å². The fourth-order valence-electron chi connectivity index (χ4n) is 1.08. The van der Waals surface area contributed by atoms with Gasteiger partial charge in [0.25, 0.3) is 0 Å². The Bertz CT molecular complexity index is 362. The van der Waals surface area contributed by atoms with Crippen molar-refractivity contribution in [3.8, 4) is 0 Å².